The van der Waals surface area contributed by atoms with Crippen molar-refractivity contribution in [1.29, 1.82) is 5.41 Å². The van der Waals surface area contributed by atoms with Crippen molar-refractivity contribution in [2.24, 2.45) is 5.73 Å². The molecule has 0 bridgehead atoms. The summed E-state index contributed by atoms with van der Waals surface area (Å²) in [4.78, 5) is 21.8. The second kappa shape index (κ2) is 6.88. The third-order valence-electron chi connectivity index (χ3n) is 4.19. The maximum absolute atomic E-state index is 12.2. The summed E-state index contributed by atoms with van der Waals surface area (Å²) in [5.41, 5.74) is 7.66. The van der Waals surface area contributed by atoms with Gasteiger partial charge < -0.3 is 16.0 Å². The molecule has 1 aliphatic heterocycles. The van der Waals surface area contributed by atoms with Crippen LogP contribution >= 0.6 is 0 Å². The Kier molecular flexibility index (Phi) is 4.66. The number of nitrogens with zero attached hydrogens (tertiary/aromatic N) is 3. The molecule has 3 heterocycles. The van der Waals surface area contributed by atoms with Crippen molar-refractivity contribution in [2.75, 3.05) is 26.2 Å². The second-order valence-electron chi connectivity index (χ2n) is 6.09. The Balaban J connectivity index is 1.65. The first-order valence-electron chi connectivity index (χ1n) is 8.11. The van der Waals surface area contributed by atoms with Crippen molar-refractivity contribution >= 4 is 22.7 Å². The van der Waals surface area contributed by atoms with Crippen LogP contribution in [0, 0.1) is 12.3 Å². The van der Waals surface area contributed by atoms with Crippen molar-refractivity contribution in [3.63, 3.8) is 0 Å². The summed E-state index contributed by atoms with van der Waals surface area (Å²) in [6, 6.07) is 2.00. The van der Waals surface area contributed by atoms with Crippen molar-refractivity contribution in [3.8, 4) is 0 Å². The standard InChI is InChI=1S/C16H23N7O/c1-11-9-12-10-23(16(24)21-14(12)20-11)13-3-7-22(8-4-13)6-2-5-19-15(17)18/h3,9-10H,2,4-8H2,1H3,(H4,17,18,19)(H,20,21,24). The summed E-state index contributed by atoms with van der Waals surface area (Å²) in [6.45, 7) is 5.31. The fourth-order valence-electron chi connectivity index (χ4n) is 2.99. The van der Waals surface area contributed by atoms with Gasteiger partial charge in [-0.2, -0.15) is 4.98 Å². The number of rotatable bonds is 5. The second-order valence-corrected chi connectivity index (χ2v) is 6.09. The van der Waals surface area contributed by atoms with E-state index in [1.54, 1.807) is 4.57 Å². The van der Waals surface area contributed by atoms with Crippen LogP contribution in [-0.4, -0.2) is 51.6 Å². The summed E-state index contributed by atoms with van der Waals surface area (Å²) < 4.78 is 1.66. The zero-order valence-electron chi connectivity index (χ0n) is 13.8. The van der Waals surface area contributed by atoms with Crippen LogP contribution in [0.2, 0.25) is 0 Å². The first-order valence-corrected chi connectivity index (χ1v) is 8.11. The number of fused-ring (bicyclic) bond motifs is 1. The van der Waals surface area contributed by atoms with Crippen molar-refractivity contribution < 1.29 is 0 Å². The summed E-state index contributed by atoms with van der Waals surface area (Å²) in [6.07, 6.45) is 5.71. The first kappa shape index (κ1) is 16.3. The Morgan fingerprint density at radius 2 is 2.38 bits per heavy atom. The largest absolute Gasteiger partial charge is 0.370 e. The molecule has 8 heteroatoms. The average Bonchev–Trinajstić information content (AvgIpc) is 2.90. The predicted molar refractivity (Wildman–Crippen MR) is 95.0 cm³/mol. The molecule has 0 unspecified atom stereocenters. The van der Waals surface area contributed by atoms with E-state index in [0.717, 1.165) is 49.3 Å². The lowest BCUT2D eigenvalue weighted by Crippen LogP contribution is -2.35. The number of aryl methyl sites for hydroxylation is 1. The maximum Gasteiger partial charge on any atom is 0.353 e. The van der Waals surface area contributed by atoms with Gasteiger partial charge in [-0.3, -0.25) is 14.9 Å². The third-order valence-corrected chi connectivity index (χ3v) is 4.19. The van der Waals surface area contributed by atoms with Gasteiger partial charge in [-0.05, 0) is 19.4 Å². The van der Waals surface area contributed by atoms with E-state index in [-0.39, 0.29) is 11.6 Å². The minimum Gasteiger partial charge on any atom is -0.370 e. The molecule has 0 atom stereocenters. The van der Waals surface area contributed by atoms with Crippen LogP contribution in [0.5, 0.6) is 0 Å². The molecule has 0 saturated heterocycles. The van der Waals surface area contributed by atoms with Gasteiger partial charge in [-0.25, -0.2) is 4.79 Å². The third kappa shape index (κ3) is 3.65. The van der Waals surface area contributed by atoms with Crippen molar-refractivity contribution in [2.45, 2.75) is 19.8 Å². The molecule has 0 fully saturated rings. The molecule has 5 N–H and O–H groups in total. The van der Waals surface area contributed by atoms with Gasteiger partial charge in [0.15, 0.2) is 5.96 Å². The van der Waals surface area contributed by atoms with E-state index < -0.39 is 0 Å². The Morgan fingerprint density at radius 1 is 1.54 bits per heavy atom. The normalized spacial score (nSPS) is 15.5. The molecule has 2 aromatic rings. The molecule has 0 saturated carbocycles. The number of aromatic nitrogens is 3. The Hall–Kier alpha value is -2.61. The molecule has 0 aromatic carbocycles. The maximum atomic E-state index is 12.2. The van der Waals surface area contributed by atoms with Gasteiger partial charge in [0.05, 0.1) is 0 Å². The molecule has 0 aliphatic carbocycles. The van der Waals surface area contributed by atoms with Crippen LogP contribution in [0.1, 0.15) is 18.5 Å². The van der Waals surface area contributed by atoms with E-state index in [0.29, 0.717) is 12.2 Å². The highest BCUT2D eigenvalue weighted by molar-refractivity contribution is 5.76. The summed E-state index contributed by atoms with van der Waals surface area (Å²) in [7, 11) is 0. The topological polar surface area (TPSA) is 116 Å². The fraction of sp³-hybridized carbons (Fsp3) is 0.438. The van der Waals surface area contributed by atoms with E-state index in [4.69, 9.17) is 11.1 Å². The number of H-pyrrole nitrogens is 1. The van der Waals surface area contributed by atoms with Crippen LogP contribution in [0.4, 0.5) is 0 Å². The number of hydrogen-bond donors (Lipinski definition) is 4. The van der Waals surface area contributed by atoms with Crippen molar-refractivity contribution in [1.82, 2.24) is 24.8 Å². The van der Waals surface area contributed by atoms with E-state index in [9.17, 15) is 4.79 Å². The summed E-state index contributed by atoms with van der Waals surface area (Å²) >= 11 is 0. The van der Waals surface area contributed by atoms with Crippen LogP contribution in [-0.2, 0) is 0 Å². The Morgan fingerprint density at radius 3 is 3.08 bits per heavy atom. The van der Waals surface area contributed by atoms with Gasteiger partial charge in [-0.1, -0.05) is 6.08 Å². The number of nitrogens with one attached hydrogen (secondary N) is 3. The smallest absolute Gasteiger partial charge is 0.353 e. The van der Waals surface area contributed by atoms with Gasteiger partial charge >= 0.3 is 5.69 Å². The quantitative estimate of drug-likeness (QED) is 0.361. The highest BCUT2D eigenvalue weighted by Crippen LogP contribution is 2.17. The predicted octanol–water partition coefficient (Wildman–Crippen LogP) is 0.453. The minimum atomic E-state index is -0.241. The number of nitrogens with two attached hydrogens (primary N) is 1. The molecule has 24 heavy (non-hydrogen) atoms. The van der Waals surface area contributed by atoms with Gasteiger partial charge in [0.25, 0.3) is 0 Å². The lowest BCUT2D eigenvalue weighted by Gasteiger charge is -2.26. The molecule has 8 nitrogen and oxygen atoms in total. The molecular weight excluding hydrogens is 306 g/mol. The first-order chi connectivity index (χ1) is 11.5. The van der Waals surface area contributed by atoms with Crippen molar-refractivity contribution in [3.05, 3.63) is 34.5 Å². The molecule has 0 spiro atoms. The van der Waals surface area contributed by atoms with Gasteiger partial charge in [0.2, 0.25) is 0 Å². The zero-order valence-corrected chi connectivity index (χ0v) is 13.8. The molecule has 2 aromatic heterocycles. The monoisotopic (exact) mass is 329 g/mol. The fourth-order valence-corrected chi connectivity index (χ4v) is 2.99. The highest BCUT2D eigenvalue weighted by atomic mass is 16.1. The van der Waals surface area contributed by atoms with Gasteiger partial charge in [0.1, 0.15) is 5.65 Å². The van der Waals surface area contributed by atoms with E-state index in [1.165, 1.54) is 0 Å². The number of aromatic amines is 1. The van der Waals surface area contributed by atoms with E-state index in [1.807, 2.05) is 19.2 Å². The van der Waals surface area contributed by atoms with E-state index in [2.05, 4.69) is 26.3 Å². The molecule has 128 valence electrons. The Labute approximate surface area is 139 Å². The molecule has 1 aliphatic rings. The van der Waals surface area contributed by atoms with Gasteiger partial charge in [-0.15, -0.1) is 0 Å². The molecule has 0 radical (unpaired) electrons. The van der Waals surface area contributed by atoms with Crippen LogP contribution in [0.3, 0.4) is 0 Å². The highest BCUT2D eigenvalue weighted by Gasteiger charge is 2.14. The Bertz CT molecular complexity index is 833. The van der Waals surface area contributed by atoms with Crippen LogP contribution in [0.15, 0.2) is 23.1 Å². The summed E-state index contributed by atoms with van der Waals surface area (Å²) in [5, 5.41) is 10.9. The molecule has 3 rings (SSSR count). The minimum absolute atomic E-state index is 0.0121. The molecular formula is C16H23N7O. The number of hydrogen-bond acceptors (Lipinski definition) is 4. The van der Waals surface area contributed by atoms with E-state index >= 15 is 0 Å². The summed E-state index contributed by atoms with van der Waals surface area (Å²) in [5.74, 6) is 0.0121. The zero-order chi connectivity index (χ0) is 17.1. The lowest BCUT2D eigenvalue weighted by atomic mass is 10.2. The number of guanidine groups is 1. The average molecular weight is 329 g/mol. The van der Waals surface area contributed by atoms with Gasteiger partial charge in [0, 0.05) is 55.6 Å². The lowest BCUT2D eigenvalue weighted by molar-refractivity contribution is 0.296. The molecule has 0 amide bonds. The van der Waals surface area contributed by atoms with Crippen LogP contribution in [0.25, 0.3) is 16.7 Å². The SMILES string of the molecule is Cc1cc2cn(C3=CCN(CCCNC(=N)N)CC3)c(=O)nc2[nH]1. The van der Waals surface area contributed by atoms with Crippen LogP contribution < -0.4 is 16.7 Å².